The number of aldehydes is 1. The molecule has 42 heavy (non-hydrogen) atoms. The average molecular weight is 594 g/mol. The van der Waals surface area contributed by atoms with Crippen LogP contribution in [0.5, 0.6) is 0 Å². The van der Waals surface area contributed by atoms with E-state index in [4.69, 9.17) is 9.47 Å². The predicted molar refractivity (Wildman–Crippen MR) is 182 cm³/mol. The van der Waals surface area contributed by atoms with Crippen LogP contribution in [0.3, 0.4) is 0 Å². The van der Waals surface area contributed by atoms with Crippen molar-refractivity contribution in [1.29, 1.82) is 0 Å². The fraction of sp³-hybridized carbons (Fsp3) is 0.974. The van der Waals surface area contributed by atoms with Crippen molar-refractivity contribution in [3.63, 3.8) is 0 Å². The predicted octanol–water partition coefficient (Wildman–Crippen LogP) is 11.4. The summed E-state index contributed by atoms with van der Waals surface area (Å²) in [5, 5.41) is 0. The molecule has 250 valence electrons. The Bertz CT molecular complexity index is 571. The molecule has 0 bridgehead atoms. The van der Waals surface area contributed by atoms with Gasteiger partial charge in [-0.3, -0.25) is 0 Å². The van der Waals surface area contributed by atoms with Gasteiger partial charge in [-0.05, 0) is 38.3 Å². The molecule has 0 radical (unpaired) electrons. The number of nitrogens with zero attached hydrogens (tertiary/aromatic N) is 1. The Morgan fingerprint density at radius 1 is 0.643 bits per heavy atom. The first-order valence-corrected chi connectivity index (χ1v) is 19.1. The minimum Gasteiger partial charge on any atom is -0.347 e. The maximum absolute atomic E-state index is 10.5. The van der Waals surface area contributed by atoms with Gasteiger partial charge in [0.05, 0.1) is 12.7 Å². The Balaban J connectivity index is 2.27. The highest BCUT2D eigenvalue weighted by Crippen LogP contribution is 2.35. The van der Waals surface area contributed by atoms with Gasteiger partial charge in [-0.25, -0.2) is 0 Å². The number of likely N-dealkylation sites (N-methyl/N-ethyl adjacent to an activating group) is 1. The lowest BCUT2D eigenvalue weighted by atomic mass is 9.90. The molecule has 2 unspecified atom stereocenters. The molecule has 1 fully saturated rings. The van der Waals surface area contributed by atoms with Crippen LogP contribution in [0.15, 0.2) is 0 Å². The van der Waals surface area contributed by atoms with Crippen LogP contribution < -0.4 is 0 Å². The SMILES string of the molecule is CCCCCC(CCCCC)CCCCCCCCCCC1(CCCCCCCCC=O)OCC(CN(CC)CC)O1. The van der Waals surface area contributed by atoms with Crippen molar-refractivity contribution in [3.05, 3.63) is 0 Å². The second kappa shape index (κ2) is 28.1. The summed E-state index contributed by atoms with van der Waals surface area (Å²) in [6.45, 7) is 13.0. The van der Waals surface area contributed by atoms with E-state index in [2.05, 4.69) is 32.6 Å². The van der Waals surface area contributed by atoms with Crippen molar-refractivity contribution in [3.8, 4) is 0 Å². The first-order chi connectivity index (χ1) is 20.6. The quantitative estimate of drug-likeness (QED) is 0.0574. The topological polar surface area (TPSA) is 38.8 Å². The normalized spacial score (nSPS) is 19.0. The van der Waals surface area contributed by atoms with E-state index in [0.717, 1.165) is 64.1 Å². The molecule has 0 saturated carbocycles. The molecular formula is C38H75NO3. The van der Waals surface area contributed by atoms with E-state index in [-0.39, 0.29) is 11.9 Å². The molecule has 4 heteroatoms. The van der Waals surface area contributed by atoms with E-state index in [9.17, 15) is 4.79 Å². The minimum atomic E-state index is -0.347. The summed E-state index contributed by atoms with van der Waals surface area (Å²) >= 11 is 0. The zero-order chi connectivity index (χ0) is 30.6. The summed E-state index contributed by atoms with van der Waals surface area (Å²) < 4.78 is 13.2. The van der Waals surface area contributed by atoms with Crippen molar-refractivity contribution in [1.82, 2.24) is 4.90 Å². The van der Waals surface area contributed by atoms with Crippen molar-refractivity contribution in [2.45, 2.75) is 207 Å². The number of carbonyl (C=O) groups excluding carboxylic acids is 1. The third-order valence-corrected chi connectivity index (χ3v) is 9.75. The lowest BCUT2D eigenvalue weighted by Gasteiger charge is -2.29. The maximum Gasteiger partial charge on any atom is 0.168 e. The van der Waals surface area contributed by atoms with Gasteiger partial charge in [0.25, 0.3) is 0 Å². The summed E-state index contributed by atoms with van der Waals surface area (Å²) in [6, 6.07) is 0. The summed E-state index contributed by atoms with van der Waals surface area (Å²) in [4.78, 5) is 13.0. The maximum atomic E-state index is 10.5. The van der Waals surface area contributed by atoms with Crippen LogP contribution in [0.1, 0.15) is 195 Å². The molecule has 0 N–H and O–H groups in total. The standard InChI is InChI=1S/C38H75NO3/c1-5-9-22-28-36(29-23-10-6-2)30-24-18-14-11-12-15-19-25-31-38(32-26-20-16-13-17-21-27-33-40)41-35-37(42-38)34-39(7-3)8-4/h33,36-37H,5-32,34-35H2,1-4H3. The highest BCUT2D eigenvalue weighted by Gasteiger charge is 2.40. The summed E-state index contributed by atoms with van der Waals surface area (Å²) in [7, 11) is 0. The lowest BCUT2D eigenvalue weighted by Crippen LogP contribution is -2.36. The molecular weight excluding hydrogens is 518 g/mol. The number of rotatable bonds is 32. The lowest BCUT2D eigenvalue weighted by molar-refractivity contribution is -0.180. The Morgan fingerprint density at radius 2 is 1.10 bits per heavy atom. The van der Waals surface area contributed by atoms with Gasteiger partial charge in [0.15, 0.2) is 5.79 Å². The Hall–Kier alpha value is -0.450. The van der Waals surface area contributed by atoms with Crippen molar-refractivity contribution in [2.24, 2.45) is 5.92 Å². The number of carbonyl (C=O) groups is 1. The van der Waals surface area contributed by atoms with E-state index in [1.807, 2.05) is 0 Å². The second-order valence-electron chi connectivity index (χ2n) is 13.5. The van der Waals surface area contributed by atoms with Crippen LogP contribution in [0.25, 0.3) is 0 Å². The molecule has 1 rings (SSSR count). The van der Waals surface area contributed by atoms with Gasteiger partial charge in [0.2, 0.25) is 0 Å². The average Bonchev–Trinajstić information content (AvgIpc) is 3.40. The van der Waals surface area contributed by atoms with Crippen LogP contribution in [0.4, 0.5) is 0 Å². The largest absolute Gasteiger partial charge is 0.347 e. The Kier molecular flexibility index (Phi) is 26.4. The van der Waals surface area contributed by atoms with Gasteiger partial charge in [-0.15, -0.1) is 0 Å². The third-order valence-electron chi connectivity index (χ3n) is 9.75. The van der Waals surface area contributed by atoms with Crippen molar-refractivity contribution < 1.29 is 14.3 Å². The molecule has 0 amide bonds. The highest BCUT2D eigenvalue weighted by atomic mass is 16.7. The number of hydrogen-bond donors (Lipinski definition) is 0. The van der Waals surface area contributed by atoms with Crippen molar-refractivity contribution >= 4 is 6.29 Å². The van der Waals surface area contributed by atoms with Gasteiger partial charge < -0.3 is 19.2 Å². The zero-order valence-electron chi connectivity index (χ0n) is 29.1. The van der Waals surface area contributed by atoms with Gasteiger partial charge in [0.1, 0.15) is 6.29 Å². The fourth-order valence-electron chi connectivity index (χ4n) is 6.88. The molecule has 0 aromatic heterocycles. The minimum absolute atomic E-state index is 0.214. The second-order valence-corrected chi connectivity index (χ2v) is 13.5. The molecule has 4 nitrogen and oxygen atoms in total. The van der Waals surface area contributed by atoms with Crippen LogP contribution in [-0.2, 0) is 14.3 Å². The number of hydrogen-bond acceptors (Lipinski definition) is 4. The smallest absolute Gasteiger partial charge is 0.168 e. The van der Waals surface area contributed by atoms with Gasteiger partial charge in [-0.2, -0.15) is 0 Å². The molecule has 2 atom stereocenters. The van der Waals surface area contributed by atoms with E-state index in [0.29, 0.717) is 0 Å². The number of ether oxygens (including phenoxy) is 2. The van der Waals surface area contributed by atoms with E-state index >= 15 is 0 Å². The van der Waals surface area contributed by atoms with Crippen LogP contribution in [0, 0.1) is 5.92 Å². The summed E-state index contributed by atoms with van der Waals surface area (Å²) in [5.74, 6) is 0.649. The highest BCUT2D eigenvalue weighted by molar-refractivity contribution is 5.48. The van der Waals surface area contributed by atoms with Crippen LogP contribution in [0.2, 0.25) is 0 Å². The molecule has 1 aliphatic rings. The van der Waals surface area contributed by atoms with E-state index < -0.39 is 0 Å². The van der Waals surface area contributed by atoms with Gasteiger partial charge in [-0.1, -0.05) is 156 Å². The summed E-state index contributed by atoms with van der Waals surface area (Å²) in [6.07, 6.45) is 35.1. The Labute approximate surface area is 263 Å². The fourth-order valence-corrected chi connectivity index (χ4v) is 6.88. The van der Waals surface area contributed by atoms with Gasteiger partial charge >= 0.3 is 0 Å². The monoisotopic (exact) mass is 594 g/mol. The molecule has 0 spiro atoms. The Morgan fingerprint density at radius 3 is 1.57 bits per heavy atom. The first-order valence-electron chi connectivity index (χ1n) is 19.1. The third kappa shape index (κ3) is 20.5. The van der Waals surface area contributed by atoms with E-state index in [1.54, 1.807) is 0 Å². The first kappa shape index (κ1) is 39.6. The summed E-state index contributed by atoms with van der Waals surface area (Å²) in [5.41, 5.74) is 0. The molecule has 1 saturated heterocycles. The molecule has 1 heterocycles. The van der Waals surface area contributed by atoms with E-state index in [1.165, 1.54) is 141 Å². The molecule has 0 aromatic rings. The zero-order valence-corrected chi connectivity index (χ0v) is 29.1. The molecule has 1 aliphatic heterocycles. The van der Waals surface area contributed by atoms with Crippen LogP contribution >= 0.6 is 0 Å². The number of unbranched alkanes of at least 4 members (excludes halogenated alkanes) is 17. The van der Waals surface area contributed by atoms with Crippen LogP contribution in [-0.4, -0.2) is 49.3 Å². The molecule has 0 aromatic carbocycles. The molecule has 0 aliphatic carbocycles. The van der Waals surface area contributed by atoms with Gasteiger partial charge in [0, 0.05) is 25.8 Å². The van der Waals surface area contributed by atoms with Crippen molar-refractivity contribution in [2.75, 3.05) is 26.2 Å².